The summed E-state index contributed by atoms with van der Waals surface area (Å²) in [4.78, 5) is 1.74. The van der Waals surface area contributed by atoms with Gasteiger partial charge in [-0.1, -0.05) is 36.4 Å². The molecule has 1 aliphatic heterocycles. The first kappa shape index (κ1) is 23.9. The quantitative estimate of drug-likeness (QED) is 0.456. The topological polar surface area (TPSA) is 82.4 Å². The number of hydrogen-bond donors (Lipinski definition) is 1. The molecule has 0 spiro atoms. The lowest BCUT2D eigenvalue weighted by Crippen LogP contribution is -2.44. The first-order chi connectivity index (χ1) is 16.5. The van der Waals surface area contributed by atoms with Gasteiger partial charge in [-0.05, 0) is 73.3 Å². The maximum atomic E-state index is 14.0. The van der Waals surface area contributed by atoms with Crippen LogP contribution in [0.2, 0.25) is 0 Å². The fraction of sp³-hybridized carbons (Fsp3) is 0.269. The van der Waals surface area contributed by atoms with Crippen LogP contribution < -0.4 is 9.46 Å². The molecule has 6 nitrogen and oxygen atoms in total. The molecule has 3 aromatic rings. The second-order valence-electron chi connectivity index (χ2n) is 8.16. The van der Waals surface area contributed by atoms with Crippen molar-refractivity contribution >= 4 is 10.0 Å². The molecular weight excluding hydrogens is 453 g/mol. The van der Waals surface area contributed by atoms with Gasteiger partial charge in [0.15, 0.2) is 0 Å². The van der Waals surface area contributed by atoms with Gasteiger partial charge in [0.1, 0.15) is 16.5 Å². The van der Waals surface area contributed by atoms with E-state index in [0.717, 1.165) is 42.3 Å². The number of halogens is 1. The van der Waals surface area contributed by atoms with E-state index in [9.17, 15) is 12.8 Å². The zero-order valence-corrected chi connectivity index (χ0v) is 19.5. The summed E-state index contributed by atoms with van der Waals surface area (Å²) < 4.78 is 47.7. The predicted octanol–water partition coefficient (Wildman–Crippen LogP) is 4.53. The molecule has 176 valence electrons. The van der Waals surface area contributed by atoms with Crippen LogP contribution in [0.25, 0.3) is 11.1 Å². The van der Waals surface area contributed by atoms with Gasteiger partial charge in [0.2, 0.25) is 10.0 Å². The lowest BCUT2D eigenvalue weighted by molar-refractivity contribution is 0.213. The second-order valence-corrected chi connectivity index (χ2v) is 9.84. The van der Waals surface area contributed by atoms with Gasteiger partial charge in [-0.25, -0.2) is 12.8 Å². The second kappa shape index (κ2) is 10.8. The molecule has 34 heavy (non-hydrogen) atoms. The maximum absolute atomic E-state index is 14.0. The number of nitrogens with one attached hydrogen (secondary N) is 1. The molecule has 1 unspecified atom stereocenters. The van der Waals surface area contributed by atoms with Crippen molar-refractivity contribution in [3.63, 3.8) is 0 Å². The van der Waals surface area contributed by atoms with Crippen molar-refractivity contribution in [1.29, 1.82) is 5.26 Å². The number of benzene rings is 3. The van der Waals surface area contributed by atoms with E-state index in [1.54, 1.807) is 12.1 Å². The average molecular weight is 480 g/mol. The van der Waals surface area contributed by atoms with E-state index in [0.29, 0.717) is 25.1 Å². The molecule has 4 rings (SSSR count). The molecule has 0 saturated carbocycles. The van der Waals surface area contributed by atoms with Crippen molar-refractivity contribution in [1.82, 2.24) is 9.62 Å². The van der Waals surface area contributed by atoms with Gasteiger partial charge in [-0.3, -0.25) is 4.90 Å². The van der Waals surface area contributed by atoms with E-state index in [-0.39, 0.29) is 11.1 Å². The Labute approximate surface area is 199 Å². The lowest BCUT2D eigenvalue weighted by Gasteiger charge is -2.25. The smallest absolute Gasteiger partial charge is 0.244 e. The summed E-state index contributed by atoms with van der Waals surface area (Å²) in [6, 6.07) is 22.7. The van der Waals surface area contributed by atoms with Crippen LogP contribution in [0.4, 0.5) is 4.39 Å². The summed E-state index contributed by atoms with van der Waals surface area (Å²) in [7, 11) is -3.93. The number of likely N-dealkylation sites (tertiary alicyclic amines) is 1. The van der Waals surface area contributed by atoms with Crippen molar-refractivity contribution < 1.29 is 17.5 Å². The molecule has 0 bridgehead atoms. The Morgan fingerprint density at radius 3 is 2.38 bits per heavy atom. The summed E-state index contributed by atoms with van der Waals surface area (Å²) in [6.45, 7) is 1.96. The Kier molecular flexibility index (Phi) is 7.58. The average Bonchev–Trinajstić information content (AvgIpc) is 3.28. The molecule has 0 radical (unpaired) electrons. The largest absolute Gasteiger partial charge is 0.494 e. The minimum atomic E-state index is -3.93. The van der Waals surface area contributed by atoms with Crippen molar-refractivity contribution in [2.24, 2.45) is 0 Å². The molecule has 1 heterocycles. The van der Waals surface area contributed by atoms with Gasteiger partial charge in [-0.15, -0.1) is 0 Å². The number of sulfonamides is 1. The molecule has 1 N–H and O–H groups in total. The standard InChI is InChI=1S/C26H26FN3O3S/c27-24-5-1-2-6-25(24)34(31,32)29-26-7-3-16-30(26)17-4-18-33-23-14-12-22(13-15-23)21-10-8-20(19-28)9-11-21/h1-2,5-6,8-15,26,29H,3-4,7,16-18H2. The van der Waals surface area contributed by atoms with Crippen LogP contribution in [0.1, 0.15) is 24.8 Å². The van der Waals surface area contributed by atoms with Crippen molar-refractivity contribution in [2.75, 3.05) is 19.7 Å². The molecule has 1 aliphatic rings. The molecule has 0 aromatic heterocycles. The Morgan fingerprint density at radius 2 is 1.71 bits per heavy atom. The van der Waals surface area contributed by atoms with E-state index in [1.807, 2.05) is 36.4 Å². The predicted molar refractivity (Wildman–Crippen MR) is 128 cm³/mol. The maximum Gasteiger partial charge on any atom is 0.244 e. The first-order valence-corrected chi connectivity index (χ1v) is 12.7. The zero-order chi connectivity index (χ0) is 24.0. The van der Waals surface area contributed by atoms with Crippen LogP contribution in [-0.4, -0.2) is 39.2 Å². The molecule has 0 amide bonds. The van der Waals surface area contributed by atoms with Gasteiger partial charge >= 0.3 is 0 Å². The number of ether oxygens (including phenoxy) is 1. The van der Waals surface area contributed by atoms with Crippen molar-refractivity contribution in [3.05, 3.63) is 84.2 Å². The fourth-order valence-electron chi connectivity index (χ4n) is 4.07. The monoisotopic (exact) mass is 479 g/mol. The zero-order valence-electron chi connectivity index (χ0n) is 18.7. The molecule has 0 aliphatic carbocycles. The Bertz CT molecular complexity index is 1260. The molecule has 8 heteroatoms. The molecule has 1 fully saturated rings. The van der Waals surface area contributed by atoms with Gasteiger partial charge in [0.05, 0.1) is 24.4 Å². The number of nitrogens with zero attached hydrogens (tertiary/aromatic N) is 2. The first-order valence-electron chi connectivity index (χ1n) is 11.2. The summed E-state index contributed by atoms with van der Waals surface area (Å²) in [5, 5.41) is 8.92. The molecule has 1 saturated heterocycles. The van der Waals surface area contributed by atoms with Crippen molar-refractivity contribution in [3.8, 4) is 22.9 Å². The van der Waals surface area contributed by atoms with Crippen LogP contribution >= 0.6 is 0 Å². The third kappa shape index (κ3) is 5.81. The third-order valence-corrected chi connectivity index (χ3v) is 7.33. The van der Waals surface area contributed by atoms with E-state index >= 15 is 0 Å². The van der Waals surface area contributed by atoms with Crippen molar-refractivity contribution in [2.45, 2.75) is 30.3 Å². The molecular formula is C26H26FN3O3S. The van der Waals surface area contributed by atoms with Gasteiger partial charge in [0, 0.05) is 6.54 Å². The Balaban J connectivity index is 1.26. The van der Waals surface area contributed by atoms with Gasteiger partial charge in [0.25, 0.3) is 0 Å². The number of nitriles is 1. The van der Waals surface area contributed by atoms with Gasteiger partial charge in [-0.2, -0.15) is 9.98 Å². The third-order valence-electron chi connectivity index (χ3n) is 5.84. The number of rotatable bonds is 9. The molecule has 1 atom stereocenters. The summed E-state index contributed by atoms with van der Waals surface area (Å²) in [5.74, 6) is 0.00812. The van der Waals surface area contributed by atoms with E-state index < -0.39 is 15.8 Å². The SMILES string of the molecule is N#Cc1ccc(-c2ccc(OCCCN3CCCC3NS(=O)(=O)c3ccccc3F)cc2)cc1. The highest BCUT2D eigenvalue weighted by Crippen LogP contribution is 2.23. The highest BCUT2D eigenvalue weighted by Gasteiger charge is 2.30. The Hall–Kier alpha value is -3.25. The fourth-order valence-corrected chi connectivity index (χ4v) is 5.41. The Morgan fingerprint density at radius 1 is 1.03 bits per heavy atom. The lowest BCUT2D eigenvalue weighted by atomic mass is 10.0. The molecule has 3 aromatic carbocycles. The summed E-state index contributed by atoms with van der Waals surface area (Å²) in [5.41, 5.74) is 2.70. The van der Waals surface area contributed by atoms with E-state index in [2.05, 4.69) is 15.7 Å². The van der Waals surface area contributed by atoms with Crippen LogP contribution in [0.3, 0.4) is 0 Å². The van der Waals surface area contributed by atoms with Crippen LogP contribution in [0, 0.1) is 17.1 Å². The van der Waals surface area contributed by atoms with E-state index in [1.165, 1.54) is 18.2 Å². The minimum Gasteiger partial charge on any atom is -0.494 e. The number of hydrogen-bond acceptors (Lipinski definition) is 5. The highest BCUT2D eigenvalue weighted by molar-refractivity contribution is 7.89. The highest BCUT2D eigenvalue weighted by atomic mass is 32.2. The van der Waals surface area contributed by atoms with Gasteiger partial charge < -0.3 is 4.74 Å². The van der Waals surface area contributed by atoms with E-state index in [4.69, 9.17) is 10.00 Å². The van der Waals surface area contributed by atoms with Crippen LogP contribution in [0.5, 0.6) is 5.75 Å². The van der Waals surface area contributed by atoms with Crippen LogP contribution in [-0.2, 0) is 10.0 Å². The van der Waals surface area contributed by atoms with Crippen LogP contribution in [0.15, 0.2) is 77.7 Å². The normalized spacial score (nSPS) is 16.3. The summed E-state index contributed by atoms with van der Waals surface area (Å²) >= 11 is 0. The minimum absolute atomic E-state index is 0.324. The summed E-state index contributed by atoms with van der Waals surface area (Å²) in [6.07, 6.45) is 1.94.